The molecule has 1 unspecified atom stereocenters. The number of likely N-dealkylation sites (N-methyl/N-ethyl adjacent to an activating group) is 1. The second-order valence-corrected chi connectivity index (χ2v) is 6.62. The van der Waals surface area contributed by atoms with Gasteiger partial charge in [-0.2, -0.15) is 0 Å². The number of rotatable bonds is 5. The Morgan fingerprint density at radius 2 is 2.00 bits per heavy atom. The molecule has 1 nitrogen and oxygen atoms in total. The van der Waals surface area contributed by atoms with Crippen LogP contribution in [-0.4, -0.2) is 6.54 Å². The molecular weight excluding hydrogens is 432 g/mol. The molecule has 2 aromatic rings. The summed E-state index contributed by atoms with van der Waals surface area (Å²) in [5, 5.41) is 3.47. The molecule has 0 aliphatic carbocycles. The van der Waals surface area contributed by atoms with Gasteiger partial charge in [0.05, 0.1) is 4.47 Å². The van der Waals surface area contributed by atoms with E-state index in [0.717, 1.165) is 18.5 Å². The fourth-order valence-electron chi connectivity index (χ4n) is 2.20. The molecule has 2 rings (SSSR count). The lowest BCUT2D eigenvalue weighted by Gasteiger charge is -2.19. The van der Waals surface area contributed by atoms with Crippen molar-refractivity contribution < 1.29 is 4.39 Å². The van der Waals surface area contributed by atoms with E-state index >= 15 is 0 Å². The maximum Gasteiger partial charge on any atom is 0.137 e. The van der Waals surface area contributed by atoms with Crippen LogP contribution in [-0.2, 0) is 6.42 Å². The van der Waals surface area contributed by atoms with Crippen molar-refractivity contribution in [2.24, 2.45) is 0 Å². The molecule has 1 atom stereocenters. The number of benzene rings is 2. The second kappa shape index (κ2) is 7.52. The van der Waals surface area contributed by atoms with Crippen LogP contribution in [0.1, 0.15) is 24.1 Å². The lowest BCUT2D eigenvalue weighted by molar-refractivity contribution is 0.544. The van der Waals surface area contributed by atoms with Crippen LogP contribution in [0.15, 0.2) is 46.9 Å². The van der Waals surface area contributed by atoms with E-state index < -0.39 is 0 Å². The minimum atomic E-state index is -0.208. The lowest BCUT2D eigenvalue weighted by atomic mass is 9.99. The molecule has 0 saturated heterocycles. The Hall–Kier alpha value is -0.460. The zero-order valence-electron chi connectivity index (χ0n) is 11.2. The van der Waals surface area contributed by atoms with Gasteiger partial charge >= 0.3 is 0 Å². The van der Waals surface area contributed by atoms with E-state index in [1.807, 2.05) is 6.07 Å². The van der Waals surface area contributed by atoms with Gasteiger partial charge in [0.15, 0.2) is 0 Å². The third-order valence-corrected chi connectivity index (χ3v) is 4.72. The summed E-state index contributed by atoms with van der Waals surface area (Å²) in [6, 6.07) is 13.8. The first-order valence-electron chi connectivity index (χ1n) is 6.53. The van der Waals surface area contributed by atoms with Crippen molar-refractivity contribution >= 4 is 38.5 Å². The van der Waals surface area contributed by atoms with Crippen LogP contribution in [0.25, 0.3) is 0 Å². The molecule has 4 heteroatoms. The molecule has 0 heterocycles. The van der Waals surface area contributed by atoms with Gasteiger partial charge in [-0.3, -0.25) is 0 Å². The van der Waals surface area contributed by atoms with E-state index in [1.54, 1.807) is 6.07 Å². The van der Waals surface area contributed by atoms with Crippen molar-refractivity contribution in [2.75, 3.05) is 6.54 Å². The third kappa shape index (κ3) is 4.02. The van der Waals surface area contributed by atoms with E-state index in [0.29, 0.717) is 4.47 Å². The van der Waals surface area contributed by atoms with Gasteiger partial charge in [0.1, 0.15) is 5.82 Å². The van der Waals surface area contributed by atoms with Crippen molar-refractivity contribution in [1.29, 1.82) is 0 Å². The first-order valence-corrected chi connectivity index (χ1v) is 8.40. The molecule has 1 N–H and O–H groups in total. The maximum atomic E-state index is 13.6. The molecule has 20 heavy (non-hydrogen) atoms. The van der Waals surface area contributed by atoms with Crippen LogP contribution < -0.4 is 5.32 Å². The van der Waals surface area contributed by atoms with E-state index in [4.69, 9.17) is 0 Å². The van der Waals surface area contributed by atoms with Crippen molar-refractivity contribution in [3.8, 4) is 0 Å². The summed E-state index contributed by atoms with van der Waals surface area (Å²) in [5.41, 5.74) is 2.21. The smallest absolute Gasteiger partial charge is 0.137 e. The minimum absolute atomic E-state index is 0.188. The highest BCUT2D eigenvalue weighted by Crippen LogP contribution is 2.26. The lowest BCUT2D eigenvalue weighted by Crippen LogP contribution is -2.23. The molecule has 0 spiro atoms. The second-order valence-electron chi connectivity index (χ2n) is 4.58. The Labute approximate surface area is 141 Å². The van der Waals surface area contributed by atoms with Crippen LogP contribution in [0.4, 0.5) is 4.39 Å². The average Bonchev–Trinajstić information content (AvgIpc) is 2.43. The van der Waals surface area contributed by atoms with E-state index in [2.05, 4.69) is 75.0 Å². The molecule has 0 saturated carbocycles. The number of nitrogens with one attached hydrogen (secondary N) is 1. The molecule has 0 radical (unpaired) electrons. The van der Waals surface area contributed by atoms with Gasteiger partial charge in [-0.15, -0.1) is 0 Å². The first-order chi connectivity index (χ1) is 9.61. The van der Waals surface area contributed by atoms with Gasteiger partial charge in [0, 0.05) is 9.61 Å². The van der Waals surface area contributed by atoms with Gasteiger partial charge in [-0.25, -0.2) is 4.39 Å². The largest absolute Gasteiger partial charge is 0.310 e. The Bertz CT molecular complexity index is 588. The SMILES string of the molecule is CCNC(Cc1cccc(F)c1Br)c1cccc(I)c1. The summed E-state index contributed by atoms with van der Waals surface area (Å²) in [6.45, 7) is 2.96. The quantitative estimate of drug-likeness (QED) is 0.629. The van der Waals surface area contributed by atoms with Crippen molar-refractivity contribution in [2.45, 2.75) is 19.4 Å². The van der Waals surface area contributed by atoms with E-state index in [1.165, 1.54) is 15.2 Å². The first kappa shape index (κ1) is 15.9. The summed E-state index contributed by atoms with van der Waals surface area (Å²) in [5.74, 6) is -0.208. The average molecular weight is 448 g/mol. The Balaban J connectivity index is 2.28. The van der Waals surface area contributed by atoms with Crippen LogP contribution in [0.3, 0.4) is 0 Å². The summed E-state index contributed by atoms with van der Waals surface area (Å²) in [4.78, 5) is 0. The van der Waals surface area contributed by atoms with Crippen molar-refractivity contribution in [1.82, 2.24) is 5.32 Å². The number of hydrogen-bond donors (Lipinski definition) is 1. The summed E-state index contributed by atoms with van der Waals surface area (Å²) in [6.07, 6.45) is 0.756. The van der Waals surface area contributed by atoms with Crippen LogP contribution >= 0.6 is 38.5 Å². The maximum absolute atomic E-state index is 13.6. The normalized spacial score (nSPS) is 12.4. The van der Waals surface area contributed by atoms with Crippen molar-refractivity contribution in [3.05, 3.63) is 67.5 Å². The van der Waals surface area contributed by atoms with Crippen LogP contribution in [0, 0.1) is 9.39 Å². The zero-order chi connectivity index (χ0) is 14.5. The fourth-order valence-corrected chi connectivity index (χ4v) is 3.20. The fraction of sp³-hybridized carbons (Fsp3) is 0.250. The summed E-state index contributed by atoms with van der Waals surface area (Å²) in [7, 11) is 0. The standard InChI is InChI=1S/C16H16BrFIN/c1-2-20-15(11-5-3-7-13(19)9-11)10-12-6-4-8-14(18)16(12)17/h3-9,15,20H,2,10H2,1H3. The van der Waals surface area contributed by atoms with Gasteiger partial charge in [-0.1, -0.05) is 31.2 Å². The molecule has 0 fully saturated rings. The molecular formula is C16H16BrFIN. The highest BCUT2D eigenvalue weighted by atomic mass is 127. The molecule has 2 aromatic carbocycles. The molecule has 0 amide bonds. The summed E-state index contributed by atoms with van der Waals surface area (Å²) >= 11 is 5.66. The Morgan fingerprint density at radius 3 is 2.70 bits per heavy atom. The third-order valence-electron chi connectivity index (χ3n) is 3.16. The van der Waals surface area contributed by atoms with Gasteiger partial charge in [-0.05, 0) is 80.8 Å². The number of halogens is 3. The van der Waals surface area contributed by atoms with Gasteiger partial charge in [0.25, 0.3) is 0 Å². The summed E-state index contributed by atoms with van der Waals surface area (Å²) < 4.78 is 15.4. The van der Waals surface area contributed by atoms with E-state index in [9.17, 15) is 4.39 Å². The molecule has 0 bridgehead atoms. The topological polar surface area (TPSA) is 12.0 Å². The van der Waals surface area contributed by atoms with Crippen LogP contribution in [0.2, 0.25) is 0 Å². The zero-order valence-corrected chi connectivity index (χ0v) is 14.9. The van der Waals surface area contributed by atoms with Gasteiger partial charge in [0.2, 0.25) is 0 Å². The molecule has 0 aliphatic heterocycles. The Morgan fingerprint density at radius 1 is 1.25 bits per heavy atom. The molecule has 0 aliphatic rings. The predicted octanol–water partition coefficient (Wildman–Crippen LogP) is 5.09. The highest BCUT2D eigenvalue weighted by molar-refractivity contribution is 14.1. The Kier molecular flexibility index (Phi) is 5.99. The van der Waals surface area contributed by atoms with Gasteiger partial charge < -0.3 is 5.32 Å². The monoisotopic (exact) mass is 447 g/mol. The highest BCUT2D eigenvalue weighted by Gasteiger charge is 2.14. The minimum Gasteiger partial charge on any atom is -0.310 e. The van der Waals surface area contributed by atoms with E-state index in [-0.39, 0.29) is 11.9 Å². The van der Waals surface area contributed by atoms with Crippen molar-refractivity contribution in [3.63, 3.8) is 0 Å². The van der Waals surface area contributed by atoms with Crippen LogP contribution in [0.5, 0.6) is 0 Å². The number of hydrogen-bond acceptors (Lipinski definition) is 1. The molecule has 106 valence electrons. The predicted molar refractivity (Wildman–Crippen MR) is 93.4 cm³/mol. The molecule has 0 aromatic heterocycles.